The van der Waals surface area contributed by atoms with E-state index in [1.54, 1.807) is 0 Å². The summed E-state index contributed by atoms with van der Waals surface area (Å²) in [6.45, 7) is 3.18. The second-order valence-electron chi connectivity index (χ2n) is 2.80. The van der Waals surface area contributed by atoms with E-state index in [2.05, 4.69) is 5.32 Å². The molecule has 0 aromatic rings. The van der Waals surface area contributed by atoms with Gasteiger partial charge >= 0.3 is 0 Å². The van der Waals surface area contributed by atoms with Crippen LogP contribution in [-0.4, -0.2) is 19.6 Å². The normalized spacial score (nSPS) is 29.7. The maximum atomic E-state index is 5.53. The van der Waals surface area contributed by atoms with Crippen LogP contribution >= 0.6 is 0 Å². The molecular weight excluding hydrogens is 112 g/mol. The highest BCUT2D eigenvalue weighted by molar-refractivity contribution is 4.67. The molecule has 1 heterocycles. The van der Waals surface area contributed by atoms with Crippen LogP contribution < -0.4 is 11.1 Å². The molecule has 0 aromatic carbocycles. The molecule has 1 atom stereocenters. The Morgan fingerprint density at radius 2 is 2.33 bits per heavy atom. The highest BCUT2D eigenvalue weighted by Crippen LogP contribution is 2.08. The van der Waals surface area contributed by atoms with Crippen molar-refractivity contribution in [1.29, 1.82) is 0 Å². The zero-order valence-corrected chi connectivity index (χ0v) is 5.90. The molecule has 9 heavy (non-hydrogen) atoms. The van der Waals surface area contributed by atoms with Gasteiger partial charge in [-0.25, -0.2) is 0 Å². The summed E-state index contributed by atoms with van der Waals surface area (Å²) in [7, 11) is 0. The molecule has 0 spiro atoms. The van der Waals surface area contributed by atoms with E-state index in [0.29, 0.717) is 0 Å². The fourth-order valence-electron chi connectivity index (χ4n) is 1.29. The highest BCUT2D eigenvalue weighted by atomic mass is 14.9. The molecule has 0 amide bonds. The summed E-state index contributed by atoms with van der Waals surface area (Å²) in [4.78, 5) is 0. The number of hydrogen-bond donors (Lipinski definition) is 2. The number of hydrogen-bond acceptors (Lipinski definition) is 2. The van der Waals surface area contributed by atoms with Crippen molar-refractivity contribution in [1.82, 2.24) is 5.32 Å². The largest absolute Gasteiger partial charge is 0.330 e. The molecule has 0 bridgehead atoms. The van der Waals surface area contributed by atoms with Gasteiger partial charge in [0.1, 0.15) is 0 Å². The van der Waals surface area contributed by atoms with Crippen LogP contribution in [0, 0.1) is 5.92 Å². The van der Waals surface area contributed by atoms with E-state index in [1.165, 1.54) is 25.8 Å². The van der Waals surface area contributed by atoms with Crippen LogP contribution in [0.5, 0.6) is 0 Å². The van der Waals surface area contributed by atoms with Crippen LogP contribution in [-0.2, 0) is 0 Å². The first-order valence-corrected chi connectivity index (χ1v) is 3.84. The molecule has 1 aliphatic heterocycles. The van der Waals surface area contributed by atoms with E-state index < -0.39 is 0 Å². The Morgan fingerprint density at radius 3 is 3.11 bits per heavy atom. The van der Waals surface area contributed by atoms with Crippen LogP contribution in [0.2, 0.25) is 0 Å². The van der Waals surface area contributed by atoms with Crippen LogP contribution in [0.4, 0.5) is 0 Å². The van der Waals surface area contributed by atoms with E-state index in [9.17, 15) is 0 Å². The lowest BCUT2D eigenvalue weighted by Crippen LogP contribution is -2.25. The zero-order valence-electron chi connectivity index (χ0n) is 5.90. The van der Waals surface area contributed by atoms with Crippen LogP contribution in [0.15, 0.2) is 0 Å². The van der Waals surface area contributed by atoms with Crippen molar-refractivity contribution in [3.05, 3.63) is 0 Å². The lowest BCUT2D eigenvalue weighted by molar-refractivity contribution is 0.490. The third kappa shape index (κ3) is 2.33. The molecule has 0 aliphatic carbocycles. The third-order valence-corrected chi connectivity index (χ3v) is 1.98. The Kier molecular flexibility index (Phi) is 3.01. The summed E-state index contributed by atoms with van der Waals surface area (Å²) in [5.74, 6) is 0.743. The second-order valence-corrected chi connectivity index (χ2v) is 2.80. The maximum absolute atomic E-state index is 5.53. The van der Waals surface area contributed by atoms with Gasteiger partial charge < -0.3 is 11.1 Å². The number of nitrogens with one attached hydrogen (secondary N) is 1. The molecule has 2 heteroatoms. The van der Waals surface area contributed by atoms with Gasteiger partial charge in [0.15, 0.2) is 0 Å². The predicted octanol–water partition coefficient (Wildman–Crippen LogP) is 0.335. The topological polar surface area (TPSA) is 38.0 Å². The van der Waals surface area contributed by atoms with Gasteiger partial charge in [0, 0.05) is 0 Å². The SMILES string of the molecule is NC[C@@H]1CCCCNC1. The van der Waals surface area contributed by atoms with Crippen molar-refractivity contribution in [2.45, 2.75) is 19.3 Å². The van der Waals surface area contributed by atoms with E-state index in [4.69, 9.17) is 5.73 Å². The Hall–Kier alpha value is -0.0800. The number of rotatable bonds is 1. The minimum atomic E-state index is 0.743. The molecule has 54 valence electrons. The highest BCUT2D eigenvalue weighted by Gasteiger charge is 2.08. The lowest BCUT2D eigenvalue weighted by atomic mass is 10.0. The van der Waals surface area contributed by atoms with Gasteiger partial charge in [0.05, 0.1) is 0 Å². The van der Waals surface area contributed by atoms with Crippen molar-refractivity contribution >= 4 is 0 Å². The van der Waals surface area contributed by atoms with Gasteiger partial charge in [-0.05, 0) is 38.4 Å². The van der Waals surface area contributed by atoms with Crippen molar-refractivity contribution in [2.75, 3.05) is 19.6 Å². The fourth-order valence-corrected chi connectivity index (χ4v) is 1.29. The van der Waals surface area contributed by atoms with Crippen LogP contribution in [0.1, 0.15) is 19.3 Å². The molecule has 0 unspecified atom stereocenters. The summed E-state index contributed by atoms with van der Waals surface area (Å²) in [6, 6.07) is 0. The van der Waals surface area contributed by atoms with E-state index in [0.717, 1.165) is 19.0 Å². The van der Waals surface area contributed by atoms with Gasteiger partial charge in [0.25, 0.3) is 0 Å². The molecule has 0 saturated carbocycles. The summed E-state index contributed by atoms with van der Waals surface area (Å²) < 4.78 is 0. The van der Waals surface area contributed by atoms with Crippen molar-refractivity contribution in [3.63, 3.8) is 0 Å². The van der Waals surface area contributed by atoms with Gasteiger partial charge in [0.2, 0.25) is 0 Å². The molecule has 0 radical (unpaired) electrons. The van der Waals surface area contributed by atoms with Gasteiger partial charge in [-0.2, -0.15) is 0 Å². The second kappa shape index (κ2) is 3.85. The van der Waals surface area contributed by atoms with Crippen molar-refractivity contribution in [3.8, 4) is 0 Å². The molecule has 0 aromatic heterocycles. The van der Waals surface area contributed by atoms with Crippen LogP contribution in [0.3, 0.4) is 0 Å². The molecule has 1 fully saturated rings. The first kappa shape index (κ1) is 7.03. The Balaban J connectivity index is 2.18. The molecule has 1 saturated heterocycles. The minimum Gasteiger partial charge on any atom is -0.330 e. The van der Waals surface area contributed by atoms with E-state index in [-0.39, 0.29) is 0 Å². The van der Waals surface area contributed by atoms with Crippen molar-refractivity contribution in [2.24, 2.45) is 11.7 Å². The average molecular weight is 128 g/mol. The monoisotopic (exact) mass is 128 g/mol. The summed E-state index contributed by atoms with van der Waals surface area (Å²) in [5, 5.41) is 3.37. The Labute approximate surface area is 56.8 Å². The lowest BCUT2D eigenvalue weighted by Gasteiger charge is -2.09. The first-order chi connectivity index (χ1) is 4.43. The maximum Gasteiger partial charge on any atom is -0.000846 e. The quantitative estimate of drug-likeness (QED) is 0.534. The molecular formula is C7H16N2. The van der Waals surface area contributed by atoms with Gasteiger partial charge in [-0.3, -0.25) is 0 Å². The zero-order chi connectivity index (χ0) is 6.53. The van der Waals surface area contributed by atoms with E-state index in [1.807, 2.05) is 0 Å². The van der Waals surface area contributed by atoms with Gasteiger partial charge in [-0.1, -0.05) is 6.42 Å². The fraction of sp³-hybridized carbons (Fsp3) is 1.00. The third-order valence-electron chi connectivity index (χ3n) is 1.98. The first-order valence-electron chi connectivity index (χ1n) is 3.84. The van der Waals surface area contributed by atoms with E-state index >= 15 is 0 Å². The average Bonchev–Trinajstić information content (AvgIpc) is 2.13. The molecule has 1 rings (SSSR count). The molecule has 1 aliphatic rings. The molecule has 3 N–H and O–H groups in total. The summed E-state index contributed by atoms with van der Waals surface area (Å²) in [5.41, 5.74) is 5.53. The van der Waals surface area contributed by atoms with Gasteiger partial charge in [-0.15, -0.1) is 0 Å². The predicted molar refractivity (Wildman–Crippen MR) is 39.3 cm³/mol. The smallest absolute Gasteiger partial charge is 0.000846 e. The molecule has 2 nitrogen and oxygen atoms in total. The number of nitrogens with two attached hydrogens (primary N) is 1. The Morgan fingerprint density at radius 1 is 1.44 bits per heavy atom. The summed E-state index contributed by atoms with van der Waals surface area (Å²) in [6.07, 6.45) is 4.01. The van der Waals surface area contributed by atoms with Crippen LogP contribution in [0.25, 0.3) is 0 Å². The Bertz CT molecular complexity index is 65.3. The van der Waals surface area contributed by atoms with Crippen molar-refractivity contribution < 1.29 is 0 Å². The minimum absolute atomic E-state index is 0.743. The standard InChI is InChI=1S/C7H16N2/c8-5-7-3-1-2-4-9-6-7/h7,9H,1-6,8H2/t7-/m0/s1. The summed E-state index contributed by atoms with van der Waals surface area (Å²) >= 11 is 0.